The van der Waals surface area contributed by atoms with Crippen molar-refractivity contribution in [3.05, 3.63) is 21.0 Å². The molecule has 1 N–H and O–H groups in total. The number of halogens is 5. The van der Waals surface area contributed by atoms with Gasteiger partial charge in [-0.2, -0.15) is 0 Å². The van der Waals surface area contributed by atoms with Gasteiger partial charge in [0.25, 0.3) is 0 Å². The van der Waals surface area contributed by atoms with E-state index in [1.165, 1.54) is 0 Å². The third-order valence-electron chi connectivity index (χ3n) is 1.64. The third kappa shape index (κ3) is 3.69. The van der Waals surface area contributed by atoms with Crippen LogP contribution in [0.2, 0.25) is 0 Å². The van der Waals surface area contributed by atoms with E-state index in [0.717, 1.165) is 6.20 Å². The second-order valence-electron chi connectivity index (χ2n) is 2.75. The molecule has 94 valence electrons. The SMILES string of the molecule is O=C(O)c1ncc(I)c(OC(F)(F)F)c1CBr. The van der Waals surface area contributed by atoms with Crippen LogP contribution in [0.1, 0.15) is 16.1 Å². The monoisotopic (exact) mass is 425 g/mol. The quantitative estimate of drug-likeness (QED) is 0.597. The van der Waals surface area contributed by atoms with Crippen molar-refractivity contribution >= 4 is 44.5 Å². The largest absolute Gasteiger partial charge is 0.573 e. The third-order valence-corrected chi connectivity index (χ3v) is 2.97. The van der Waals surface area contributed by atoms with Crippen molar-refractivity contribution < 1.29 is 27.8 Å². The van der Waals surface area contributed by atoms with Crippen LogP contribution in [-0.2, 0) is 5.33 Å². The zero-order valence-electron chi connectivity index (χ0n) is 7.89. The molecule has 17 heavy (non-hydrogen) atoms. The molecule has 0 bridgehead atoms. The van der Waals surface area contributed by atoms with Crippen LogP contribution in [0.5, 0.6) is 5.75 Å². The molecule has 0 aliphatic rings. The van der Waals surface area contributed by atoms with E-state index >= 15 is 0 Å². The summed E-state index contributed by atoms with van der Waals surface area (Å²) < 4.78 is 40.4. The minimum atomic E-state index is -4.88. The molecule has 0 unspecified atom stereocenters. The molecule has 1 aromatic heterocycles. The summed E-state index contributed by atoms with van der Waals surface area (Å²) in [5.41, 5.74) is -0.622. The Kier molecular flexibility index (Phi) is 4.58. The minimum absolute atomic E-state index is 0.0828. The summed E-state index contributed by atoms with van der Waals surface area (Å²) in [6, 6.07) is 0. The summed E-state index contributed by atoms with van der Waals surface area (Å²) in [6.45, 7) is 0. The molecule has 1 rings (SSSR count). The maximum absolute atomic E-state index is 12.2. The second kappa shape index (κ2) is 5.38. The zero-order chi connectivity index (χ0) is 13.2. The predicted octanol–water partition coefficient (Wildman–Crippen LogP) is 3.18. The molecule has 4 nitrogen and oxygen atoms in total. The van der Waals surface area contributed by atoms with Crippen molar-refractivity contribution in [2.45, 2.75) is 11.7 Å². The highest BCUT2D eigenvalue weighted by Gasteiger charge is 2.34. The van der Waals surface area contributed by atoms with Gasteiger partial charge in [0.05, 0.1) is 3.57 Å². The van der Waals surface area contributed by atoms with Crippen molar-refractivity contribution in [2.24, 2.45) is 0 Å². The van der Waals surface area contributed by atoms with Crippen LogP contribution < -0.4 is 4.74 Å². The van der Waals surface area contributed by atoms with Gasteiger partial charge in [-0.1, -0.05) is 15.9 Å². The van der Waals surface area contributed by atoms with Gasteiger partial charge in [0, 0.05) is 17.1 Å². The van der Waals surface area contributed by atoms with Crippen molar-refractivity contribution in [1.82, 2.24) is 4.98 Å². The van der Waals surface area contributed by atoms with Crippen LogP contribution in [0, 0.1) is 3.57 Å². The minimum Gasteiger partial charge on any atom is -0.476 e. The van der Waals surface area contributed by atoms with Gasteiger partial charge in [-0.25, -0.2) is 9.78 Å². The Morgan fingerprint density at radius 1 is 1.59 bits per heavy atom. The van der Waals surface area contributed by atoms with Gasteiger partial charge in [-0.15, -0.1) is 13.2 Å². The molecule has 0 spiro atoms. The Hall–Kier alpha value is -0.580. The number of carboxylic acid groups (broad SMARTS) is 1. The number of alkyl halides is 4. The van der Waals surface area contributed by atoms with E-state index in [4.69, 9.17) is 5.11 Å². The van der Waals surface area contributed by atoms with Crippen molar-refractivity contribution in [1.29, 1.82) is 0 Å². The highest BCUT2D eigenvalue weighted by atomic mass is 127. The van der Waals surface area contributed by atoms with Crippen molar-refractivity contribution in [2.75, 3.05) is 0 Å². The lowest BCUT2D eigenvalue weighted by Crippen LogP contribution is -2.20. The zero-order valence-corrected chi connectivity index (χ0v) is 11.6. The number of hydrogen-bond donors (Lipinski definition) is 1. The van der Waals surface area contributed by atoms with Gasteiger partial charge in [0.1, 0.15) is 0 Å². The molecule has 0 atom stereocenters. The van der Waals surface area contributed by atoms with Gasteiger partial charge in [0.15, 0.2) is 11.4 Å². The summed E-state index contributed by atoms with van der Waals surface area (Å²) in [4.78, 5) is 14.3. The molecular weight excluding hydrogens is 422 g/mol. The van der Waals surface area contributed by atoms with Crippen molar-refractivity contribution in [3.8, 4) is 5.75 Å². The van der Waals surface area contributed by atoms with E-state index in [2.05, 4.69) is 25.7 Å². The lowest BCUT2D eigenvalue weighted by Gasteiger charge is -2.14. The van der Waals surface area contributed by atoms with Gasteiger partial charge in [-0.05, 0) is 22.6 Å². The fourth-order valence-electron chi connectivity index (χ4n) is 1.04. The maximum Gasteiger partial charge on any atom is 0.573 e. The average Bonchev–Trinajstić information content (AvgIpc) is 2.18. The number of nitrogens with zero attached hydrogens (tertiary/aromatic N) is 1. The van der Waals surface area contributed by atoms with Crippen molar-refractivity contribution in [3.63, 3.8) is 0 Å². The Morgan fingerprint density at radius 2 is 2.18 bits per heavy atom. The number of pyridine rings is 1. The number of carboxylic acids is 1. The number of hydrogen-bond acceptors (Lipinski definition) is 3. The molecule has 0 fully saturated rings. The van der Waals surface area contributed by atoms with Crippen LogP contribution in [0.3, 0.4) is 0 Å². The van der Waals surface area contributed by atoms with E-state index in [1.54, 1.807) is 22.6 Å². The lowest BCUT2D eigenvalue weighted by molar-refractivity contribution is -0.275. The van der Waals surface area contributed by atoms with Crippen LogP contribution in [-0.4, -0.2) is 22.4 Å². The fourth-order valence-corrected chi connectivity index (χ4v) is 2.14. The number of aromatic nitrogens is 1. The number of carbonyl (C=O) groups is 1. The second-order valence-corrected chi connectivity index (χ2v) is 4.47. The Balaban J connectivity index is 3.35. The first-order chi connectivity index (χ1) is 7.76. The van der Waals surface area contributed by atoms with E-state index in [9.17, 15) is 18.0 Å². The molecule has 0 amide bonds. The first-order valence-electron chi connectivity index (χ1n) is 3.98. The normalized spacial score (nSPS) is 11.4. The molecule has 0 radical (unpaired) electrons. The Labute approximate surface area is 115 Å². The van der Waals surface area contributed by atoms with Gasteiger partial charge in [-0.3, -0.25) is 0 Å². The van der Waals surface area contributed by atoms with E-state index in [-0.39, 0.29) is 14.5 Å². The summed E-state index contributed by atoms with van der Waals surface area (Å²) in [6.07, 6.45) is -3.87. The molecule has 1 heterocycles. The molecular formula is C8H4BrF3INO3. The molecule has 0 aliphatic heterocycles. The molecule has 0 saturated heterocycles. The lowest BCUT2D eigenvalue weighted by atomic mass is 10.2. The summed E-state index contributed by atoms with van der Waals surface area (Å²) in [5, 5.41) is 8.68. The molecule has 1 aromatic rings. The topological polar surface area (TPSA) is 59.4 Å². The number of ether oxygens (including phenoxy) is 1. The van der Waals surface area contributed by atoms with Gasteiger partial charge in [0.2, 0.25) is 0 Å². The Bertz CT molecular complexity index is 452. The number of rotatable bonds is 3. The predicted molar refractivity (Wildman–Crippen MR) is 63.2 cm³/mol. The first-order valence-corrected chi connectivity index (χ1v) is 6.18. The molecule has 0 saturated carbocycles. The summed E-state index contributed by atoms with van der Waals surface area (Å²) >= 11 is 4.50. The number of aromatic carboxylic acids is 1. The smallest absolute Gasteiger partial charge is 0.476 e. The molecule has 0 aliphatic carbocycles. The van der Waals surface area contributed by atoms with Gasteiger partial charge < -0.3 is 9.84 Å². The first kappa shape index (κ1) is 14.5. The van der Waals surface area contributed by atoms with Crippen LogP contribution >= 0.6 is 38.5 Å². The van der Waals surface area contributed by atoms with Crippen LogP contribution in [0.25, 0.3) is 0 Å². The van der Waals surface area contributed by atoms with Crippen LogP contribution in [0.15, 0.2) is 6.20 Å². The summed E-state index contributed by atoms with van der Waals surface area (Å²) in [7, 11) is 0. The average molecular weight is 426 g/mol. The highest BCUT2D eigenvalue weighted by molar-refractivity contribution is 14.1. The van der Waals surface area contributed by atoms with E-state index in [0.29, 0.717) is 0 Å². The highest BCUT2D eigenvalue weighted by Crippen LogP contribution is 2.33. The standard InChI is InChI=1S/C8H4BrF3INO3/c9-1-3-5(7(15)16)14-2-4(13)6(3)17-8(10,11)12/h2H,1H2,(H,15,16). The van der Waals surface area contributed by atoms with E-state index < -0.39 is 23.8 Å². The summed E-state index contributed by atoms with van der Waals surface area (Å²) in [5.74, 6) is -1.95. The molecule has 9 heteroatoms. The maximum atomic E-state index is 12.2. The fraction of sp³-hybridized carbons (Fsp3) is 0.250. The van der Waals surface area contributed by atoms with E-state index in [1.807, 2.05) is 0 Å². The van der Waals surface area contributed by atoms with Gasteiger partial charge >= 0.3 is 12.3 Å². The Morgan fingerprint density at radius 3 is 2.59 bits per heavy atom. The molecule has 0 aromatic carbocycles. The van der Waals surface area contributed by atoms with Crippen LogP contribution in [0.4, 0.5) is 13.2 Å².